The van der Waals surface area contributed by atoms with Gasteiger partial charge in [-0.2, -0.15) is 16.4 Å². The fraction of sp³-hybridized carbons (Fsp3) is 0.222. The van der Waals surface area contributed by atoms with E-state index < -0.39 is 0 Å². The summed E-state index contributed by atoms with van der Waals surface area (Å²) in [6.07, 6.45) is 2.32. The number of nitrogens with zero attached hydrogens (tertiary/aromatic N) is 2. The van der Waals surface area contributed by atoms with Gasteiger partial charge < -0.3 is 14.8 Å². The van der Waals surface area contributed by atoms with E-state index in [1.807, 2.05) is 34.5 Å². The fourth-order valence-corrected chi connectivity index (χ4v) is 4.09. The molecule has 126 valence electrons. The minimum absolute atomic E-state index is 0.0242. The van der Waals surface area contributed by atoms with Gasteiger partial charge in [-0.3, -0.25) is 4.79 Å². The highest BCUT2D eigenvalue weighted by atomic mass is 32.1. The van der Waals surface area contributed by atoms with Crippen LogP contribution < -0.4 is 14.8 Å². The number of hydrogen-bond acceptors (Lipinski definition) is 5. The van der Waals surface area contributed by atoms with E-state index in [-0.39, 0.29) is 18.6 Å². The Bertz CT molecular complexity index is 949. The number of anilines is 1. The number of aromatic nitrogens is 2. The van der Waals surface area contributed by atoms with E-state index in [9.17, 15) is 4.79 Å². The van der Waals surface area contributed by atoms with Gasteiger partial charge in [0.15, 0.2) is 11.5 Å². The Morgan fingerprint density at radius 3 is 3.08 bits per heavy atom. The summed E-state index contributed by atoms with van der Waals surface area (Å²) in [5.74, 6) is 2.39. The average molecular weight is 353 g/mol. The van der Waals surface area contributed by atoms with Crippen LogP contribution in [0.25, 0.3) is 0 Å². The van der Waals surface area contributed by atoms with Crippen molar-refractivity contribution in [3.05, 3.63) is 57.9 Å². The van der Waals surface area contributed by atoms with Crippen molar-refractivity contribution >= 4 is 23.1 Å². The summed E-state index contributed by atoms with van der Waals surface area (Å²) in [5, 5.41) is 11.6. The van der Waals surface area contributed by atoms with Crippen molar-refractivity contribution < 1.29 is 14.3 Å². The summed E-state index contributed by atoms with van der Waals surface area (Å²) < 4.78 is 12.6. The second-order valence-electron chi connectivity index (χ2n) is 6.16. The number of hydrogen-bond donors (Lipinski definition) is 1. The molecule has 2 aliphatic rings. The van der Waals surface area contributed by atoms with Gasteiger partial charge >= 0.3 is 0 Å². The van der Waals surface area contributed by atoms with E-state index >= 15 is 0 Å². The number of thiophene rings is 1. The zero-order chi connectivity index (χ0) is 16.8. The molecule has 1 aromatic carbocycles. The SMILES string of the molecule is O=C1C[C@@H](c2ccsc2)c2cnn(Cc3ccc4c(c3)OCO4)c2N1. The van der Waals surface area contributed by atoms with Crippen LogP contribution in [0.4, 0.5) is 5.82 Å². The molecule has 4 heterocycles. The zero-order valence-corrected chi connectivity index (χ0v) is 14.1. The van der Waals surface area contributed by atoms with Crippen molar-refractivity contribution in [2.75, 3.05) is 12.1 Å². The maximum atomic E-state index is 12.2. The number of fused-ring (bicyclic) bond motifs is 2. The molecular weight excluding hydrogens is 338 g/mol. The molecule has 3 aromatic rings. The van der Waals surface area contributed by atoms with Gasteiger partial charge in [-0.05, 0) is 40.1 Å². The van der Waals surface area contributed by atoms with Gasteiger partial charge in [0.05, 0.1) is 12.7 Å². The smallest absolute Gasteiger partial charge is 0.231 e. The predicted molar refractivity (Wildman–Crippen MR) is 93.3 cm³/mol. The third-order valence-corrected chi connectivity index (χ3v) is 5.31. The molecule has 0 unspecified atom stereocenters. The monoisotopic (exact) mass is 353 g/mol. The van der Waals surface area contributed by atoms with Crippen LogP contribution in [0.5, 0.6) is 11.5 Å². The molecular formula is C18H15N3O3S. The Morgan fingerprint density at radius 1 is 1.28 bits per heavy atom. The summed E-state index contributed by atoms with van der Waals surface area (Å²) in [6, 6.07) is 7.92. The van der Waals surface area contributed by atoms with Crippen molar-refractivity contribution in [2.24, 2.45) is 0 Å². The molecule has 1 amide bonds. The molecule has 2 aliphatic heterocycles. The first-order valence-corrected chi connectivity index (χ1v) is 8.98. The van der Waals surface area contributed by atoms with Gasteiger partial charge in [0.1, 0.15) is 5.82 Å². The van der Waals surface area contributed by atoms with Crippen LogP contribution in [0.1, 0.15) is 29.0 Å². The number of nitrogens with one attached hydrogen (secondary N) is 1. The quantitative estimate of drug-likeness (QED) is 0.785. The van der Waals surface area contributed by atoms with E-state index in [0.29, 0.717) is 13.0 Å². The summed E-state index contributed by atoms with van der Waals surface area (Å²) in [6.45, 7) is 0.816. The van der Waals surface area contributed by atoms with Gasteiger partial charge in [0, 0.05) is 17.9 Å². The van der Waals surface area contributed by atoms with Crippen molar-refractivity contribution in [3.8, 4) is 11.5 Å². The summed E-state index contributed by atoms with van der Waals surface area (Å²) in [5.41, 5.74) is 3.28. The Labute approximate surface area is 148 Å². The molecule has 0 saturated heterocycles. The molecule has 5 rings (SSSR count). The Balaban J connectivity index is 1.49. The van der Waals surface area contributed by atoms with Crippen LogP contribution in [-0.2, 0) is 11.3 Å². The van der Waals surface area contributed by atoms with Gasteiger partial charge in [-0.1, -0.05) is 6.07 Å². The first-order chi connectivity index (χ1) is 12.3. The van der Waals surface area contributed by atoms with Crippen LogP contribution in [0.3, 0.4) is 0 Å². The topological polar surface area (TPSA) is 65.4 Å². The molecule has 7 heteroatoms. The van der Waals surface area contributed by atoms with Crippen LogP contribution in [0.2, 0.25) is 0 Å². The first kappa shape index (κ1) is 14.5. The normalized spacial score (nSPS) is 18.1. The fourth-order valence-electron chi connectivity index (χ4n) is 3.37. The van der Waals surface area contributed by atoms with Crippen LogP contribution in [0.15, 0.2) is 41.2 Å². The van der Waals surface area contributed by atoms with Crippen molar-refractivity contribution in [1.82, 2.24) is 9.78 Å². The number of carbonyl (C=O) groups is 1. The number of carbonyl (C=O) groups excluding carboxylic acids is 1. The van der Waals surface area contributed by atoms with Crippen molar-refractivity contribution in [1.29, 1.82) is 0 Å². The third kappa shape index (κ3) is 2.47. The Morgan fingerprint density at radius 2 is 2.20 bits per heavy atom. The zero-order valence-electron chi connectivity index (χ0n) is 13.3. The standard InChI is InChI=1S/C18H15N3O3S/c22-17-6-13(12-3-4-25-9-12)14-7-19-21(18(14)20-17)8-11-1-2-15-16(5-11)24-10-23-15/h1-5,7,9,13H,6,8,10H2,(H,20,22)/t13-/m0/s1. The van der Waals surface area contributed by atoms with Crippen LogP contribution >= 0.6 is 11.3 Å². The van der Waals surface area contributed by atoms with E-state index in [0.717, 1.165) is 28.4 Å². The molecule has 0 radical (unpaired) electrons. The lowest BCUT2D eigenvalue weighted by Gasteiger charge is -2.23. The summed E-state index contributed by atoms with van der Waals surface area (Å²) in [4.78, 5) is 12.2. The van der Waals surface area contributed by atoms with Crippen molar-refractivity contribution in [3.63, 3.8) is 0 Å². The molecule has 25 heavy (non-hydrogen) atoms. The lowest BCUT2D eigenvalue weighted by molar-refractivity contribution is -0.116. The van der Waals surface area contributed by atoms with Crippen molar-refractivity contribution in [2.45, 2.75) is 18.9 Å². The van der Waals surface area contributed by atoms with E-state index in [4.69, 9.17) is 9.47 Å². The Hall–Kier alpha value is -2.80. The second-order valence-corrected chi connectivity index (χ2v) is 6.94. The molecule has 1 atom stereocenters. The maximum absolute atomic E-state index is 12.2. The van der Waals surface area contributed by atoms with Gasteiger partial charge in [-0.25, -0.2) is 4.68 Å². The lowest BCUT2D eigenvalue weighted by Crippen LogP contribution is -2.24. The highest BCUT2D eigenvalue weighted by Gasteiger charge is 2.30. The molecule has 0 fully saturated rings. The van der Waals surface area contributed by atoms with E-state index in [1.54, 1.807) is 11.3 Å². The molecule has 1 N–H and O–H groups in total. The van der Waals surface area contributed by atoms with Crippen LogP contribution in [-0.4, -0.2) is 22.5 Å². The highest BCUT2D eigenvalue weighted by Crippen LogP contribution is 2.38. The third-order valence-electron chi connectivity index (χ3n) is 4.61. The minimum Gasteiger partial charge on any atom is -0.454 e. The van der Waals surface area contributed by atoms with Gasteiger partial charge in [-0.15, -0.1) is 0 Å². The molecule has 6 nitrogen and oxygen atoms in total. The highest BCUT2D eigenvalue weighted by molar-refractivity contribution is 7.08. The average Bonchev–Trinajstić information content (AvgIpc) is 3.35. The van der Waals surface area contributed by atoms with Gasteiger partial charge in [0.2, 0.25) is 12.7 Å². The Kier molecular flexibility index (Phi) is 3.27. The summed E-state index contributed by atoms with van der Waals surface area (Å²) in [7, 11) is 0. The second kappa shape index (κ2) is 5.63. The number of rotatable bonds is 3. The largest absolute Gasteiger partial charge is 0.454 e. The minimum atomic E-state index is 0.0242. The molecule has 2 aromatic heterocycles. The number of amides is 1. The molecule has 0 aliphatic carbocycles. The molecule has 0 saturated carbocycles. The molecule has 0 bridgehead atoms. The predicted octanol–water partition coefficient (Wildman–Crippen LogP) is 3.20. The number of benzene rings is 1. The first-order valence-electron chi connectivity index (χ1n) is 8.04. The van der Waals surface area contributed by atoms with Gasteiger partial charge in [0.25, 0.3) is 0 Å². The van der Waals surface area contributed by atoms with E-state index in [1.165, 1.54) is 5.56 Å². The number of ether oxygens (including phenoxy) is 2. The molecule has 0 spiro atoms. The maximum Gasteiger partial charge on any atom is 0.231 e. The summed E-state index contributed by atoms with van der Waals surface area (Å²) >= 11 is 1.65. The van der Waals surface area contributed by atoms with E-state index in [2.05, 4.69) is 21.9 Å². The lowest BCUT2D eigenvalue weighted by atomic mass is 9.89. The van der Waals surface area contributed by atoms with Crippen LogP contribution in [0, 0.1) is 0 Å².